The lowest BCUT2D eigenvalue weighted by Gasteiger charge is -2.08. The highest BCUT2D eigenvalue weighted by molar-refractivity contribution is 5.91. The average molecular weight is 113 g/mol. The van der Waals surface area contributed by atoms with Crippen molar-refractivity contribution in [2.24, 2.45) is 10.7 Å². The van der Waals surface area contributed by atoms with Crippen LogP contribution in [0.25, 0.3) is 0 Å². The first-order valence-corrected chi connectivity index (χ1v) is 2.23. The number of nitrogens with one attached hydrogen (secondary N) is 1. The van der Waals surface area contributed by atoms with Gasteiger partial charge in [0.15, 0.2) is 0 Å². The topological polar surface area (TPSA) is 70.6 Å². The molecule has 4 nitrogen and oxygen atoms in total. The van der Waals surface area contributed by atoms with Gasteiger partial charge in [0.25, 0.3) is 0 Å². The summed E-state index contributed by atoms with van der Waals surface area (Å²) in [6.45, 7) is 0. The highest BCUT2D eigenvalue weighted by atomic mass is 16.3. The van der Waals surface area contributed by atoms with Crippen LogP contribution in [-0.2, 0) is 0 Å². The fraction of sp³-hybridized carbons (Fsp3) is 0.250. The summed E-state index contributed by atoms with van der Waals surface area (Å²) in [6, 6.07) is 0. The number of nitrogens with two attached hydrogens (primary N) is 1. The summed E-state index contributed by atoms with van der Waals surface area (Å²) < 4.78 is 0. The Kier molecular flexibility index (Phi) is 1.17. The van der Waals surface area contributed by atoms with Crippen LogP contribution in [0.1, 0.15) is 0 Å². The molecule has 0 spiro atoms. The minimum atomic E-state index is -0.861. The predicted octanol–water partition coefficient (Wildman–Crippen LogP) is -1.26. The molecule has 0 amide bonds. The van der Waals surface area contributed by atoms with Gasteiger partial charge in [-0.1, -0.05) is 0 Å². The lowest BCUT2D eigenvalue weighted by atomic mass is 10.5. The molecule has 1 heterocycles. The van der Waals surface area contributed by atoms with Crippen LogP contribution >= 0.6 is 0 Å². The van der Waals surface area contributed by atoms with E-state index in [9.17, 15) is 0 Å². The Morgan fingerprint density at radius 3 is 3.00 bits per heavy atom. The summed E-state index contributed by atoms with van der Waals surface area (Å²) in [7, 11) is 0. The SMILES string of the molecule is NC1=N[C@@H](O)NC=C1. The zero-order valence-electron chi connectivity index (χ0n) is 4.20. The molecule has 1 atom stereocenters. The van der Waals surface area contributed by atoms with Crippen molar-refractivity contribution in [2.75, 3.05) is 0 Å². The van der Waals surface area contributed by atoms with Gasteiger partial charge in [0.1, 0.15) is 5.84 Å². The number of aliphatic imine (C=N–C) groups is 1. The number of amidine groups is 1. The summed E-state index contributed by atoms with van der Waals surface area (Å²) >= 11 is 0. The maximum Gasteiger partial charge on any atom is 0.224 e. The van der Waals surface area contributed by atoms with Gasteiger partial charge < -0.3 is 16.2 Å². The molecule has 4 heteroatoms. The normalized spacial score (nSPS) is 26.6. The molecule has 0 unspecified atom stereocenters. The first-order chi connectivity index (χ1) is 3.79. The molecule has 1 rings (SSSR count). The molecule has 0 aromatic carbocycles. The van der Waals surface area contributed by atoms with Gasteiger partial charge in [-0.2, -0.15) is 0 Å². The van der Waals surface area contributed by atoms with Gasteiger partial charge in [-0.15, -0.1) is 0 Å². The monoisotopic (exact) mass is 113 g/mol. The molecule has 0 aromatic heterocycles. The standard InChI is InChI=1S/C4H7N3O/c5-3-1-2-6-4(8)7-3/h1-2,4,6,8H,(H2,5,7)/t4-/m0/s1. The summed E-state index contributed by atoms with van der Waals surface area (Å²) in [4.78, 5) is 3.53. The van der Waals surface area contributed by atoms with Crippen molar-refractivity contribution in [3.05, 3.63) is 12.3 Å². The van der Waals surface area contributed by atoms with Gasteiger partial charge in [0, 0.05) is 6.20 Å². The molecular weight excluding hydrogens is 106 g/mol. The minimum absolute atomic E-state index is 0.344. The Balaban J connectivity index is 2.63. The lowest BCUT2D eigenvalue weighted by molar-refractivity contribution is 0.162. The number of hydrogen-bond donors (Lipinski definition) is 3. The third-order valence-electron chi connectivity index (χ3n) is 0.771. The second-order valence-electron chi connectivity index (χ2n) is 1.43. The van der Waals surface area contributed by atoms with Crippen LogP contribution in [0.4, 0.5) is 0 Å². The van der Waals surface area contributed by atoms with E-state index in [1.165, 1.54) is 0 Å². The third-order valence-corrected chi connectivity index (χ3v) is 0.771. The number of rotatable bonds is 0. The van der Waals surface area contributed by atoms with Gasteiger partial charge in [-0.05, 0) is 6.08 Å². The quantitative estimate of drug-likeness (QED) is 0.367. The van der Waals surface area contributed by atoms with Gasteiger partial charge in [-0.25, -0.2) is 4.99 Å². The average Bonchev–Trinajstić information content (AvgIpc) is 1.64. The molecule has 0 radical (unpaired) electrons. The van der Waals surface area contributed by atoms with E-state index in [1.807, 2.05) is 0 Å². The molecule has 0 fully saturated rings. The Hall–Kier alpha value is -1.03. The molecule has 0 aliphatic carbocycles. The molecule has 8 heavy (non-hydrogen) atoms. The van der Waals surface area contributed by atoms with E-state index in [0.29, 0.717) is 5.84 Å². The van der Waals surface area contributed by atoms with Crippen LogP contribution < -0.4 is 11.1 Å². The van der Waals surface area contributed by atoms with Crippen LogP contribution in [-0.4, -0.2) is 17.3 Å². The van der Waals surface area contributed by atoms with E-state index in [0.717, 1.165) is 0 Å². The Morgan fingerprint density at radius 2 is 2.62 bits per heavy atom. The van der Waals surface area contributed by atoms with E-state index < -0.39 is 6.35 Å². The highest BCUT2D eigenvalue weighted by Crippen LogP contribution is 1.86. The summed E-state index contributed by atoms with van der Waals surface area (Å²) in [5.74, 6) is 0.344. The first kappa shape index (κ1) is 5.11. The third kappa shape index (κ3) is 0.974. The van der Waals surface area contributed by atoms with Crippen LogP contribution in [0, 0.1) is 0 Å². The predicted molar refractivity (Wildman–Crippen MR) is 29.9 cm³/mol. The van der Waals surface area contributed by atoms with E-state index in [4.69, 9.17) is 10.8 Å². The van der Waals surface area contributed by atoms with Crippen molar-refractivity contribution < 1.29 is 5.11 Å². The van der Waals surface area contributed by atoms with Crippen molar-refractivity contribution in [3.8, 4) is 0 Å². The van der Waals surface area contributed by atoms with Crippen molar-refractivity contribution >= 4 is 5.84 Å². The Bertz CT molecular complexity index is 140. The number of aliphatic hydroxyl groups is 1. The Morgan fingerprint density at radius 1 is 1.88 bits per heavy atom. The fourth-order valence-corrected chi connectivity index (χ4v) is 0.441. The smallest absolute Gasteiger partial charge is 0.224 e. The van der Waals surface area contributed by atoms with E-state index in [-0.39, 0.29) is 0 Å². The second kappa shape index (κ2) is 1.83. The summed E-state index contributed by atoms with van der Waals surface area (Å²) in [6.07, 6.45) is 2.26. The second-order valence-corrected chi connectivity index (χ2v) is 1.43. The van der Waals surface area contributed by atoms with Gasteiger partial charge in [-0.3, -0.25) is 0 Å². The van der Waals surface area contributed by atoms with E-state index in [2.05, 4.69) is 10.3 Å². The number of nitrogens with zero attached hydrogens (tertiary/aromatic N) is 1. The van der Waals surface area contributed by atoms with Crippen LogP contribution in [0.3, 0.4) is 0 Å². The molecule has 1 aliphatic rings. The van der Waals surface area contributed by atoms with Crippen LogP contribution in [0.5, 0.6) is 0 Å². The van der Waals surface area contributed by atoms with Gasteiger partial charge in [0.05, 0.1) is 0 Å². The molecule has 0 saturated carbocycles. The molecular formula is C4H7N3O. The maximum absolute atomic E-state index is 8.65. The summed E-state index contributed by atoms with van der Waals surface area (Å²) in [5.41, 5.74) is 5.19. The zero-order chi connectivity index (χ0) is 5.98. The highest BCUT2D eigenvalue weighted by Gasteiger charge is 1.99. The molecule has 1 aliphatic heterocycles. The molecule has 0 saturated heterocycles. The van der Waals surface area contributed by atoms with Gasteiger partial charge >= 0.3 is 0 Å². The lowest BCUT2D eigenvalue weighted by Crippen LogP contribution is -2.28. The van der Waals surface area contributed by atoms with Crippen LogP contribution in [0.15, 0.2) is 17.3 Å². The largest absolute Gasteiger partial charge is 0.384 e. The maximum atomic E-state index is 8.65. The zero-order valence-corrected chi connectivity index (χ0v) is 4.20. The van der Waals surface area contributed by atoms with E-state index >= 15 is 0 Å². The fourth-order valence-electron chi connectivity index (χ4n) is 0.441. The molecule has 0 aromatic rings. The number of hydrogen-bond acceptors (Lipinski definition) is 4. The molecule has 44 valence electrons. The summed E-state index contributed by atoms with van der Waals surface area (Å²) in [5, 5.41) is 11.2. The van der Waals surface area contributed by atoms with Crippen molar-refractivity contribution in [2.45, 2.75) is 6.35 Å². The van der Waals surface area contributed by atoms with Crippen molar-refractivity contribution in [1.82, 2.24) is 5.32 Å². The minimum Gasteiger partial charge on any atom is -0.384 e. The van der Waals surface area contributed by atoms with E-state index in [1.54, 1.807) is 12.3 Å². The van der Waals surface area contributed by atoms with Crippen molar-refractivity contribution in [3.63, 3.8) is 0 Å². The Labute approximate surface area is 46.7 Å². The molecule has 4 N–H and O–H groups in total. The van der Waals surface area contributed by atoms with Crippen LogP contribution in [0.2, 0.25) is 0 Å². The number of aliphatic hydroxyl groups excluding tert-OH is 1. The van der Waals surface area contributed by atoms with Gasteiger partial charge in [0.2, 0.25) is 6.35 Å². The van der Waals surface area contributed by atoms with Crippen molar-refractivity contribution in [1.29, 1.82) is 0 Å². The molecule has 0 bridgehead atoms. The first-order valence-electron chi connectivity index (χ1n) is 2.23.